The van der Waals surface area contributed by atoms with Crippen LogP contribution in [0.5, 0.6) is 0 Å². The zero-order valence-electron chi connectivity index (χ0n) is 12.6. The van der Waals surface area contributed by atoms with Crippen LogP contribution in [0, 0.1) is 5.92 Å². The number of amides is 1. The lowest BCUT2D eigenvalue weighted by atomic mass is 9.88. The maximum Gasteiger partial charge on any atom is 0.236 e. The van der Waals surface area contributed by atoms with Crippen LogP contribution in [0.3, 0.4) is 0 Å². The van der Waals surface area contributed by atoms with E-state index in [0.29, 0.717) is 12.5 Å². The van der Waals surface area contributed by atoms with Crippen LogP contribution in [0.1, 0.15) is 44.9 Å². The minimum atomic E-state index is 0.363. The Labute approximate surface area is 122 Å². The summed E-state index contributed by atoms with van der Waals surface area (Å²) in [5.74, 6) is 1.21. The van der Waals surface area contributed by atoms with E-state index < -0.39 is 0 Å². The lowest BCUT2D eigenvalue weighted by Gasteiger charge is -2.36. The Morgan fingerprint density at radius 1 is 0.950 bits per heavy atom. The number of rotatable bonds is 3. The van der Waals surface area contributed by atoms with Crippen LogP contribution in [-0.2, 0) is 4.79 Å². The molecule has 1 N–H and O–H groups in total. The quantitative estimate of drug-likeness (QED) is 0.849. The van der Waals surface area contributed by atoms with Crippen molar-refractivity contribution in [3.63, 3.8) is 0 Å². The summed E-state index contributed by atoms with van der Waals surface area (Å²) in [4.78, 5) is 16.7. The summed E-state index contributed by atoms with van der Waals surface area (Å²) in [7, 11) is 0. The van der Waals surface area contributed by atoms with Crippen molar-refractivity contribution in [2.24, 2.45) is 5.92 Å². The van der Waals surface area contributed by atoms with Crippen molar-refractivity contribution in [2.45, 2.75) is 51.0 Å². The third-order valence-corrected chi connectivity index (χ3v) is 5.37. The maximum absolute atomic E-state index is 12.3. The van der Waals surface area contributed by atoms with Gasteiger partial charge in [0.2, 0.25) is 5.91 Å². The highest BCUT2D eigenvalue weighted by Crippen LogP contribution is 2.25. The molecule has 0 radical (unpaired) electrons. The maximum atomic E-state index is 12.3. The summed E-state index contributed by atoms with van der Waals surface area (Å²) in [6, 6.07) is 0.759. The minimum absolute atomic E-state index is 0.363. The molecule has 0 saturated carbocycles. The van der Waals surface area contributed by atoms with Gasteiger partial charge in [0.15, 0.2) is 0 Å². The summed E-state index contributed by atoms with van der Waals surface area (Å²) in [6.45, 7) is 6.07. The van der Waals surface area contributed by atoms with Crippen LogP contribution in [0.2, 0.25) is 0 Å². The van der Waals surface area contributed by atoms with Crippen molar-refractivity contribution < 1.29 is 4.79 Å². The third kappa shape index (κ3) is 3.53. The molecule has 0 spiro atoms. The van der Waals surface area contributed by atoms with Gasteiger partial charge in [0.05, 0.1) is 6.54 Å². The molecule has 4 heteroatoms. The summed E-state index contributed by atoms with van der Waals surface area (Å²) >= 11 is 0. The van der Waals surface area contributed by atoms with Gasteiger partial charge in [0.1, 0.15) is 0 Å². The predicted octanol–water partition coefficient (Wildman–Crippen LogP) is 1.46. The Balaban J connectivity index is 1.40. The standard InChI is InChI=1S/C16H29N3O/c20-16(19-9-2-1-3-10-19)13-18-11-6-14(7-12-18)15-5-4-8-17-15/h14-15,17H,1-13H2. The first-order valence-electron chi connectivity index (χ1n) is 8.56. The normalized spacial score (nSPS) is 29.8. The van der Waals surface area contributed by atoms with E-state index >= 15 is 0 Å². The van der Waals surface area contributed by atoms with Crippen molar-refractivity contribution >= 4 is 5.91 Å². The number of nitrogens with zero attached hydrogens (tertiary/aromatic N) is 2. The molecule has 3 saturated heterocycles. The second-order valence-electron chi connectivity index (χ2n) is 6.76. The Morgan fingerprint density at radius 2 is 1.70 bits per heavy atom. The number of hydrogen-bond donors (Lipinski definition) is 1. The van der Waals surface area contributed by atoms with E-state index in [1.54, 1.807) is 0 Å². The molecular formula is C16H29N3O. The number of likely N-dealkylation sites (tertiary alicyclic amines) is 2. The van der Waals surface area contributed by atoms with Gasteiger partial charge in [-0.05, 0) is 70.5 Å². The van der Waals surface area contributed by atoms with Gasteiger partial charge < -0.3 is 10.2 Å². The zero-order chi connectivity index (χ0) is 13.8. The molecular weight excluding hydrogens is 250 g/mol. The van der Waals surface area contributed by atoms with E-state index in [1.165, 1.54) is 51.5 Å². The molecule has 1 atom stereocenters. The summed E-state index contributed by atoms with van der Waals surface area (Å²) < 4.78 is 0. The summed E-state index contributed by atoms with van der Waals surface area (Å²) in [6.07, 6.45) is 8.93. The largest absolute Gasteiger partial charge is 0.342 e. The number of carbonyl (C=O) groups excluding carboxylic acids is 1. The van der Waals surface area contributed by atoms with E-state index in [-0.39, 0.29) is 0 Å². The minimum Gasteiger partial charge on any atom is -0.342 e. The first kappa shape index (κ1) is 14.3. The Hall–Kier alpha value is -0.610. The topological polar surface area (TPSA) is 35.6 Å². The van der Waals surface area contributed by atoms with E-state index in [9.17, 15) is 4.79 Å². The molecule has 20 heavy (non-hydrogen) atoms. The van der Waals surface area contributed by atoms with Gasteiger partial charge in [-0.25, -0.2) is 0 Å². The molecule has 3 heterocycles. The van der Waals surface area contributed by atoms with Crippen LogP contribution in [0.4, 0.5) is 0 Å². The van der Waals surface area contributed by atoms with E-state index in [0.717, 1.165) is 38.1 Å². The highest BCUT2D eigenvalue weighted by atomic mass is 16.2. The fraction of sp³-hybridized carbons (Fsp3) is 0.938. The lowest BCUT2D eigenvalue weighted by Crippen LogP contribution is -2.46. The second kappa shape index (κ2) is 6.90. The molecule has 0 aromatic rings. The van der Waals surface area contributed by atoms with Gasteiger partial charge in [0.25, 0.3) is 0 Å². The van der Waals surface area contributed by atoms with Crippen molar-refractivity contribution in [3.8, 4) is 0 Å². The molecule has 1 amide bonds. The highest BCUT2D eigenvalue weighted by molar-refractivity contribution is 5.78. The SMILES string of the molecule is O=C(CN1CCC(C2CCCN2)CC1)N1CCCCC1. The van der Waals surface area contributed by atoms with Crippen molar-refractivity contribution in [1.82, 2.24) is 15.1 Å². The van der Waals surface area contributed by atoms with Gasteiger partial charge in [-0.1, -0.05) is 0 Å². The lowest BCUT2D eigenvalue weighted by molar-refractivity contribution is -0.133. The smallest absolute Gasteiger partial charge is 0.236 e. The molecule has 4 nitrogen and oxygen atoms in total. The van der Waals surface area contributed by atoms with Gasteiger partial charge in [-0.3, -0.25) is 9.69 Å². The molecule has 114 valence electrons. The fourth-order valence-electron chi connectivity index (χ4n) is 4.06. The van der Waals surface area contributed by atoms with Crippen LogP contribution in [0.25, 0.3) is 0 Å². The molecule has 0 aromatic carbocycles. The first-order chi connectivity index (χ1) is 9.83. The van der Waals surface area contributed by atoms with E-state index in [2.05, 4.69) is 15.1 Å². The Morgan fingerprint density at radius 3 is 2.35 bits per heavy atom. The number of carbonyl (C=O) groups is 1. The molecule has 3 fully saturated rings. The van der Waals surface area contributed by atoms with Crippen LogP contribution < -0.4 is 5.32 Å². The van der Waals surface area contributed by atoms with Gasteiger partial charge in [-0.15, -0.1) is 0 Å². The van der Waals surface area contributed by atoms with Gasteiger partial charge in [0, 0.05) is 19.1 Å². The highest BCUT2D eigenvalue weighted by Gasteiger charge is 2.29. The summed E-state index contributed by atoms with van der Waals surface area (Å²) in [5, 5.41) is 3.64. The third-order valence-electron chi connectivity index (χ3n) is 5.37. The molecule has 0 aliphatic carbocycles. The van der Waals surface area contributed by atoms with Crippen LogP contribution >= 0.6 is 0 Å². The number of nitrogens with one attached hydrogen (secondary N) is 1. The molecule has 1 unspecified atom stereocenters. The van der Waals surface area contributed by atoms with E-state index in [4.69, 9.17) is 0 Å². The van der Waals surface area contributed by atoms with Crippen LogP contribution in [0.15, 0.2) is 0 Å². The molecule has 3 rings (SSSR count). The van der Waals surface area contributed by atoms with Gasteiger partial charge in [-0.2, -0.15) is 0 Å². The Kier molecular flexibility index (Phi) is 4.94. The number of piperidine rings is 2. The van der Waals surface area contributed by atoms with Crippen molar-refractivity contribution in [3.05, 3.63) is 0 Å². The molecule has 3 aliphatic rings. The molecule has 0 aromatic heterocycles. The summed E-state index contributed by atoms with van der Waals surface area (Å²) in [5.41, 5.74) is 0. The second-order valence-corrected chi connectivity index (χ2v) is 6.76. The number of hydrogen-bond acceptors (Lipinski definition) is 3. The first-order valence-corrected chi connectivity index (χ1v) is 8.56. The fourth-order valence-corrected chi connectivity index (χ4v) is 4.06. The monoisotopic (exact) mass is 279 g/mol. The zero-order valence-corrected chi connectivity index (χ0v) is 12.6. The van der Waals surface area contributed by atoms with Crippen molar-refractivity contribution in [2.75, 3.05) is 39.3 Å². The van der Waals surface area contributed by atoms with Gasteiger partial charge >= 0.3 is 0 Å². The molecule has 3 aliphatic heterocycles. The average Bonchev–Trinajstić information content (AvgIpc) is 3.03. The molecule has 0 bridgehead atoms. The van der Waals surface area contributed by atoms with E-state index in [1.807, 2.05) is 0 Å². The van der Waals surface area contributed by atoms with Crippen molar-refractivity contribution in [1.29, 1.82) is 0 Å². The Bertz CT molecular complexity index is 314. The predicted molar refractivity (Wildman–Crippen MR) is 80.6 cm³/mol. The van der Waals surface area contributed by atoms with Crippen LogP contribution in [-0.4, -0.2) is 61.0 Å². The average molecular weight is 279 g/mol.